The molecule has 0 aromatic heterocycles. The Morgan fingerprint density at radius 1 is 1.08 bits per heavy atom. The van der Waals surface area contributed by atoms with Crippen LogP contribution < -0.4 is 24.8 Å². The molecule has 1 aliphatic heterocycles. The molecule has 1 aliphatic carbocycles. The van der Waals surface area contributed by atoms with Gasteiger partial charge in [0.1, 0.15) is 0 Å². The molecular weight excluding hydrogens is 320 g/mol. The van der Waals surface area contributed by atoms with Crippen LogP contribution in [0.4, 0.5) is 0 Å². The molecule has 2 N–H and O–H groups in total. The van der Waals surface area contributed by atoms with E-state index >= 15 is 0 Å². The first-order chi connectivity index (χ1) is 12.2. The molecule has 0 unspecified atom stereocenters. The SMILES string of the molecule is COc1cc2c(c(OC)c1OC)CCC(C(=O)NC1CCNCC1)=C2. The van der Waals surface area contributed by atoms with E-state index in [0.29, 0.717) is 23.7 Å². The number of hydrogen-bond donors (Lipinski definition) is 2. The maximum Gasteiger partial charge on any atom is 0.247 e. The highest BCUT2D eigenvalue weighted by atomic mass is 16.5. The Bertz CT molecular complexity index is 678. The zero-order chi connectivity index (χ0) is 17.8. The Kier molecular flexibility index (Phi) is 5.48. The zero-order valence-corrected chi connectivity index (χ0v) is 15.1. The van der Waals surface area contributed by atoms with E-state index < -0.39 is 0 Å². The van der Waals surface area contributed by atoms with Crippen molar-refractivity contribution in [3.8, 4) is 17.2 Å². The molecule has 1 amide bonds. The molecule has 1 saturated heterocycles. The molecule has 0 atom stereocenters. The van der Waals surface area contributed by atoms with Gasteiger partial charge in [0, 0.05) is 17.2 Å². The Balaban J connectivity index is 1.87. The molecule has 6 heteroatoms. The molecule has 0 bridgehead atoms. The fourth-order valence-corrected chi connectivity index (χ4v) is 3.56. The van der Waals surface area contributed by atoms with Crippen LogP contribution in [0.3, 0.4) is 0 Å². The lowest BCUT2D eigenvalue weighted by molar-refractivity contribution is -0.118. The van der Waals surface area contributed by atoms with Crippen molar-refractivity contribution < 1.29 is 19.0 Å². The molecule has 1 aromatic rings. The summed E-state index contributed by atoms with van der Waals surface area (Å²) in [4.78, 5) is 12.6. The highest BCUT2D eigenvalue weighted by Crippen LogP contribution is 2.44. The molecular formula is C19H26N2O4. The molecule has 0 radical (unpaired) electrons. The number of ether oxygens (including phenoxy) is 3. The van der Waals surface area contributed by atoms with Crippen LogP contribution in [-0.2, 0) is 11.2 Å². The molecule has 1 aromatic carbocycles. The standard InChI is InChI=1S/C19H26N2O4/c1-23-16-11-13-10-12(19(22)21-14-6-8-20-9-7-14)4-5-15(13)17(24-2)18(16)25-3/h10-11,14,20H,4-9H2,1-3H3,(H,21,22). The smallest absolute Gasteiger partial charge is 0.247 e. The zero-order valence-electron chi connectivity index (χ0n) is 15.1. The fourth-order valence-electron chi connectivity index (χ4n) is 3.56. The van der Waals surface area contributed by atoms with E-state index in [0.717, 1.165) is 49.1 Å². The molecule has 3 rings (SSSR count). The minimum absolute atomic E-state index is 0.0336. The molecule has 25 heavy (non-hydrogen) atoms. The third kappa shape index (κ3) is 3.58. The summed E-state index contributed by atoms with van der Waals surface area (Å²) in [6.45, 7) is 1.92. The number of amides is 1. The van der Waals surface area contributed by atoms with Crippen LogP contribution in [0.15, 0.2) is 11.6 Å². The first-order valence-electron chi connectivity index (χ1n) is 8.72. The Morgan fingerprint density at radius 2 is 1.80 bits per heavy atom. The summed E-state index contributed by atoms with van der Waals surface area (Å²) in [5, 5.41) is 6.48. The minimum Gasteiger partial charge on any atom is -0.493 e. The van der Waals surface area contributed by atoms with Crippen LogP contribution in [0.5, 0.6) is 17.2 Å². The van der Waals surface area contributed by atoms with Crippen LogP contribution in [0.2, 0.25) is 0 Å². The monoisotopic (exact) mass is 346 g/mol. The summed E-state index contributed by atoms with van der Waals surface area (Å²) in [6, 6.07) is 2.17. The van der Waals surface area contributed by atoms with Gasteiger partial charge in [0.05, 0.1) is 21.3 Å². The van der Waals surface area contributed by atoms with Crippen LogP contribution in [0, 0.1) is 0 Å². The maximum atomic E-state index is 12.6. The van der Waals surface area contributed by atoms with Gasteiger partial charge in [-0.05, 0) is 56.5 Å². The molecule has 6 nitrogen and oxygen atoms in total. The molecule has 2 aliphatic rings. The normalized spacial score (nSPS) is 17.3. The number of hydrogen-bond acceptors (Lipinski definition) is 5. The summed E-state index contributed by atoms with van der Waals surface area (Å²) < 4.78 is 16.4. The molecule has 0 saturated carbocycles. The lowest BCUT2D eigenvalue weighted by atomic mass is 9.90. The van der Waals surface area contributed by atoms with E-state index in [1.165, 1.54) is 0 Å². The molecule has 0 spiro atoms. The third-order valence-corrected chi connectivity index (χ3v) is 4.91. The van der Waals surface area contributed by atoms with Crippen molar-refractivity contribution in [3.63, 3.8) is 0 Å². The number of carbonyl (C=O) groups is 1. The number of piperidine rings is 1. The highest BCUT2D eigenvalue weighted by molar-refractivity contribution is 5.99. The Morgan fingerprint density at radius 3 is 2.44 bits per heavy atom. The summed E-state index contributed by atoms with van der Waals surface area (Å²) in [6.07, 6.45) is 5.34. The minimum atomic E-state index is 0.0336. The van der Waals surface area contributed by atoms with Gasteiger partial charge in [-0.2, -0.15) is 0 Å². The largest absolute Gasteiger partial charge is 0.493 e. The Labute approximate surface area is 148 Å². The van der Waals surface area contributed by atoms with Gasteiger partial charge in [-0.15, -0.1) is 0 Å². The van der Waals surface area contributed by atoms with Gasteiger partial charge < -0.3 is 24.8 Å². The molecule has 1 heterocycles. The van der Waals surface area contributed by atoms with Crippen LogP contribution in [0.1, 0.15) is 30.4 Å². The average molecular weight is 346 g/mol. The number of benzene rings is 1. The topological polar surface area (TPSA) is 68.8 Å². The van der Waals surface area contributed by atoms with Gasteiger partial charge in [0.15, 0.2) is 11.5 Å². The highest BCUT2D eigenvalue weighted by Gasteiger charge is 2.25. The Hall–Kier alpha value is -2.21. The number of nitrogens with one attached hydrogen (secondary N) is 2. The van der Waals surface area contributed by atoms with Crippen molar-refractivity contribution in [2.75, 3.05) is 34.4 Å². The van der Waals surface area contributed by atoms with Crippen LogP contribution >= 0.6 is 0 Å². The lowest BCUT2D eigenvalue weighted by Crippen LogP contribution is -2.43. The van der Waals surface area contributed by atoms with Gasteiger partial charge in [-0.3, -0.25) is 4.79 Å². The fraction of sp³-hybridized carbons (Fsp3) is 0.526. The van der Waals surface area contributed by atoms with E-state index in [1.807, 2.05) is 12.1 Å². The second-order valence-electron chi connectivity index (χ2n) is 6.38. The van der Waals surface area contributed by atoms with E-state index in [2.05, 4.69) is 10.6 Å². The van der Waals surface area contributed by atoms with Gasteiger partial charge in [0.2, 0.25) is 11.7 Å². The summed E-state index contributed by atoms with van der Waals surface area (Å²) in [7, 11) is 4.82. The van der Waals surface area contributed by atoms with E-state index in [4.69, 9.17) is 14.2 Å². The van der Waals surface area contributed by atoms with Crippen molar-refractivity contribution in [2.45, 2.75) is 31.7 Å². The number of rotatable bonds is 5. The first-order valence-corrected chi connectivity index (χ1v) is 8.72. The van der Waals surface area contributed by atoms with Crippen molar-refractivity contribution >= 4 is 12.0 Å². The third-order valence-electron chi connectivity index (χ3n) is 4.91. The second kappa shape index (κ2) is 7.78. The van der Waals surface area contributed by atoms with Crippen LogP contribution in [0.25, 0.3) is 6.08 Å². The quantitative estimate of drug-likeness (QED) is 0.852. The summed E-state index contributed by atoms with van der Waals surface area (Å²) >= 11 is 0. The van der Waals surface area contributed by atoms with Crippen molar-refractivity contribution in [1.29, 1.82) is 0 Å². The molecule has 1 fully saturated rings. The average Bonchev–Trinajstić information content (AvgIpc) is 2.66. The van der Waals surface area contributed by atoms with Crippen molar-refractivity contribution in [1.82, 2.24) is 10.6 Å². The van der Waals surface area contributed by atoms with E-state index in [1.54, 1.807) is 21.3 Å². The maximum absolute atomic E-state index is 12.6. The van der Waals surface area contributed by atoms with Crippen LogP contribution in [-0.4, -0.2) is 46.4 Å². The predicted molar refractivity (Wildman–Crippen MR) is 96.4 cm³/mol. The van der Waals surface area contributed by atoms with Crippen molar-refractivity contribution in [2.24, 2.45) is 0 Å². The van der Waals surface area contributed by atoms with E-state index in [9.17, 15) is 4.79 Å². The van der Waals surface area contributed by atoms with Gasteiger partial charge in [-0.1, -0.05) is 0 Å². The van der Waals surface area contributed by atoms with Gasteiger partial charge in [0.25, 0.3) is 0 Å². The van der Waals surface area contributed by atoms with Crippen molar-refractivity contribution in [3.05, 3.63) is 22.8 Å². The van der Waals surface area contributed by atoms with Gasteiger partial charge in [-0.25, -0.2) is 0 Å². The first kappa shape index (κ1) is 17.6. The summed E-state index contributed by atoms with van der Waals surface area (Å²) in [5.41, 5.74) is 2.81. The van der Waals surface area contributed by atoms with Gasteiger partial charge >= 0.3 is 0 Å². The second-order valence-corrected chi connectivity index (χ2v) is 6.38. The number of fused-ring (bicyclic) bond motifs is 1. The molecule has 136 valence electrons. The van der Waals surface area contributed by atoms with E-state index in [-0.39, 0.29) is 11.9 Å². The predicted octanol–water partition coefficient (Wildman–Crippen LogP) is 1.91. The lowest BCUT2D eigenvalue weighted by Gasteiger charge is -2.26. The number of carbonyl (C=O) groups excluding carboxylic acids is 1. The number of methoxy groups -OCH3 is 3. The summed E-state index contributed by atoms with van der Waals surface area (Å²) in [5.74, 6) is 1.92.